The van der Waals surface area contributed by atoms with Gasteiger partial charge in [0, 0.05) is 19.3 Å². The molecule has 0 unspecified atom stereocenters. The molecule has 2 N–H and O–H groups in total. The summed E-state index contributed by atoms with van der Waals surface area (Å²) in [4.78, 5) is 13.3. The Bertz CT molecular complexity index is 449. The first-order chi connectivity index (χ1) is 9.81. The van der Waals surface area contributed by atoms with Crippen LogP contribution in [0.15, 0.2) is 24.3 Å². The Morgan fingerprint density at radius 3 is 2.43 bits per heavy atom. The lowest BCUT2D eigenvalue weighted by Gasteiger charge is -2.18. The average Bonchev–Trinajstić information content (AvgIpc) is 2.39. The molecule has 1 rings (SSSR count). The molecule has 0 aliphatic carbocycles. The van der Waals surface area contributed by atoms with Crippen molar-refractivity contribution in [2.24, 2.45) is 0 Å². The molecule has 0 atom stereocenters. The smallest absolute Gasteiger partial charge is 0.406 e. The first-order valence-electron chi connectivity index (χ1n) is 6.34. The van der Waals surface area contributed by atoms with E-state index in [9.17, 15) is 18.0 Å². The number of amides is 2. The minimum atomic E-state index is -4.72. The number of halogens is 3. The maximum Gasteiger partial charge on any atom is 0.573 e. The molecular formula is C13H18F3N3O2. The van der Waals surface area contributed by atoms with Gasteiger partial charge in [-0.1, -0.05) is 0 Å². The third kappa shape index (κ3) is 6.84. The molecule has 0 fully saturated rings. The number of urea groups is 1. The molecule has 0 saturated carbocycles. The van der Waals surface area contributed by atoms with Crippen LogP contribution in [0.5, 0.6) is 5.75 Å². The second-order valence-corrected chi connectivity index (χ2v) is 4.38. The van der Waals surface area contributed by atoms with Gasteiger partial charge >= 0.3 is 12.4 Å². The highest BCUT2D eigenvalue weighted by Crippen LogP contribution is 2.23. The number of ether oxygens (including phenoxy) is 1. The third-order valence-electron chi connectivity index (χ3n) is 2.61. The predicted molar refractivity (Wildman–Crippen MR) is 73.3 cm³/mol. The van der Waals surface area contributed by atoms with Gasteiger partial charge in [0.1, 0.15) is 5.75 Å². The topological polar surface area (TPSA) is 53.6 Å². The van der Waals surface area contributed by atoms with Gasteiger partial charge in [0.2, 0.25) is 0 Å². The van der Waals surface area contributed by atoms with Crippen molar-refractivity contribution in [2.75, 3.05) is 32.5 Å². The van der Waals surface area contributed by atoms with Crippen LogP contribution in [-0.4, -0.2) is 44.5 Å². The number of hydrogen-bond donors (Lipinski definition) is 2. The van der Waals surface area contributed by atoms with Crippen molar-refractivity contribution in [1.82, 2.24) is 10.2 Å². The molecule has 5 nitrogen and oxygen atoms in total. The van der Waals surface area contributed by atoms with Crippen LogP contribution < -0.4 is 15.4 Å². The molecule has 0 heterocycles. The lowest BCUT2D eigenvalue weighted by atomic mass is 10.3. The molecule has 0 aliphatic heterocycles. The number of hydrogen-bond acceptors (Lipinski definition) is 3. The van der Waals surface area contributed by atoms with E-state index in [2.05, 4.69) is 15.4 Å². The number of benzene rings is 1. The van der Waals surface area contributed by atoms with E-state index in [0.29, 0.717) is 12.2 Å². The van der Waals surface area contributed by atoms with Gasteiger partial charge < -0.3 is 20.3 Å². The van der Waals surface area contributed by atoms with Crippen LogP contribution in [0.25, 0.3) is 0 Å². The summed E-state index contributed by atoms with van der Waals surface area (Å²) in [5, 5.41) is 5.56. The SMILES string of the molecule is CNCCCN(C)C(=O)Nc1ccc(OC(F)(F)F)cc1. The van der Waals surface area contributed by atoms with Crippen molar-refractivity contribution >= 4 is 11.7 Å². The first-order valence-corrected chi connectivity index (χ1v) is 6.34. The number of rotatable bonds is 6. The van der Waals surface area contributed by atoms with E-state index in [1.54, 1.807) is 7.05 Å². The lowest BCUT2D eigenvalue weighted by molar-refractivity contribution is -0.274. The van der Waals surface area contributed by atoms with Crippen LogP contribution in [0, 0.1) is 0 Å². The summed E-state index contributed by atoms with van der Waals surface area (Å²) in [5.41, 5.74) is 0.398. The van der Waals surface area contributed by atoms with Crippen molar-refractivity contribution in [3.05, 3.63) is 24.3 Å². The van der Waals surface area contributed by atoms with Crippen LogP contribution >= 0.6 is 0 Å². The number of nitrogens with one attached hydrogen (secondary N) is 2. The zero-order chi connectivity index (χ0) is 15.9. The van der Waals surface area contributed by atoms with Crippen LogP contribution in [0.1, 0.15) is 6.42 Å². The van der Waals surface area contributed by atoms with Crippen LogP contribution in [-0.2, 0) is 0 Å². The van der Waals surface area contributed by atoms with Crippen molar-refractivity contribution in [3.63, 3.8) is 0 Å². The van der Waals surface area contributed by atoms with Gasteiger partial charge in [0.25, 0.3) is 0 Å². The highest BCUT2D eigenvalue weighted by Gasteiger charge is 2.30. The second-order valence-electron chi connectivity index (χ2n) is 4.38. The largest absolute Gasteiger partial charge is 0.573 e. The maximum absolute atomic E-state index is 12.0. The zero-order valence-electron chi connectivity index (χ0n) is 11.8. The van der Waals surface area contributed by atoms with E-state index in [1.807, 2.05) is 7.05 Å². The number of nitrogens with zero attached hydrogens (tertiary/aromatic N) is 1. The molecule has 21 heavy (non-hydrogen) atoms. The van der Waals surface area contributed by atoms with E-state index in [0.717, 1.165) is 25.1 Å². The van der Waals surface area contributed by atoms with E-state index in [-0.39, 0.29) is 11.8 Å². The molecule has 1 aromatic rings. The molecule has 118 valence electrons. The summed E-state index contributed by atoms with van der Waals surface area (Å²) in [6.07, 6.45) is -3.92. The standard InChI is InChI=1S/C13H18F3N3O2/c1-17-8-3-9-19(2)12(20)18-10-4-6-11(7-5-10)21-13(14,15)16/h4-7,17H,3,8-9H2,1-2H3,(H,18,20). The molecule has 2 amide bonds. The molecule has 1 aromatic carbocycles. The van der Waals surface area contributed by atoms with Gasteiger partial charge in [-0.25, -0.2) is 4.79 Å². The molecule has 0 bridgehead atoms. The Balaban J connectivity index is 2.49. The molecule has 0 spiro atoms. The first kappa shape index (κ1) is 17.1. The van der Waals surface area contributed by atoms with Crippen molar-refractivity contribution in [1.29, 1.82) is 0 Å². The molecule has 8 heteroatoms. The van der Waals surface area contributed by atoms with Gasteiger partial charge in [-0.2, -0.15) is 0 Å². The Labute approximate surface area is 121 Å². The fourth-order valence-corrected chi connectivity index (χ4v) is 1.55. The van der Waals surface area contributed by atoms with Crippen molar-refractivity contribution < 1.29 is 22.7 Å². The lowest BCUT2D eigenvalue weighted by Crippen LogP contribution is -2.33. The maximum atomic E-state index is 12.0. The highest BCUT2D eigenvalue weighted by molar-refractivity contribution is 5.89. The molecule has 0 radical (unpaired) electrons. The number of anilines is 1. The van der Waals surface area contributed by atoms with E-state index < -0.39 is 6.36 Å². The molecular weight excluding hydrogens is 287 g/mol. The minimum absolute atomic E-state index is 0.324. The van der Waals surface area contributed by atoms with E-state index >= 15 is 0 Å². The third-order valence-corrected chi connectivity index (χ3v) is 2.61. The summed E-state index contributed by atoms with van der Waals surface area (Å²) in [5.74, 6) is -0.331. The minimum Gasteiger partial charge on any atom is -0.406 e. The van der Waals surface area contributed by atoms with Gasteiger partial charge in [0.15, 0.2) is 0 Å². The average molecular weight is 305 g/mol. The monoisotopic (exact) mass is 305 g/mol. The van der Waals surface area contributed by atoms with Crippen LogP contribution in [0.4, 0.5) is 23.7 Å². The highest BCUT2D eigenvalue weighted by atomic mass is 19.4. The summed E-state index contributed by atoms with van der Waals surface area (Å²) < 4.78 is 39.7. The quantitative estimate of drug-likeness (QED) is 0.795. The summed E-state index contributed by atoms with van der Waals surface area (Å²) in [6.45, 7) is 1.36. The number of alkyl halides is 3. The molecule has 0 aliphatic rings. The Kier molecular flexibility index (Phi) is 6.29. The van der Waals surface area contributed by atoms with Crippen molar-refractivity contribution in [3.8, 4) is 5.75 Å². The van der Waals surface area contributed by atoms with E-state index in [1.165, 1.54) is 17.0 Å². The van der Waals surface area contributed by atoms with Gasteiger partial charge in [0.05, 0.1) is 0 Å². The van der Waals surface area contributed by atoms with Crippen molar-refractivity contribution in [2.45, 2.75) is 12.8 Å². The molecule has 0 aromatic heterocycles. The fraction of sp³-hybridized carbons (Fsp3) is 0.462. The Morgan fingerprint density at radius 1 is 1.29 bits per heavy atom. The van der Waals surface area contributed by atoms with Crippen LogP contribution in [0.3, 0.4) is 0 Å². The summed E-state index contributed by atoms with van der Waals surface area (Å²) in [7, 11) is 3.47. The summed E-state index contributed by atoms with van der Waals surface area (Å²) in [6, 6.07) is 4.66. The molecule has 0 saturated heterocycles. The van der Waals surface area contributed by atoms with Gasteiger partial charge in [-0.15, -0.1) is 13.2 Å². The Hall–Kier alpha value is -1.96. The Morgan fingerprint density at radius 2 is 1.90 bits per heavy atom. The normalized spacial score (nSPS) is 11.1. The number of carbonyl (C=O) groups excluding carboxylic acids is 1. The van der Waals surface area contributed by atoms with Gasteiger partial charge in [-0.3, -0.25) is 0 Å². The van der Waals surface area contributed by atoms with E-state index in [4.69, 9.17) is 0 Å². The predicted octanol–water partition coefficient (Wildman–Crippen LogP) is 2.66. The summed E-state index contributed by atoms with van der Waals surface area (Å²) >= 11 is 0. The zero-order valence-corrected chi connectivity index (χ0v) is 11.8. The van der Waals surface area contributed by atoms with Gasteiger partial charge in [-0.05, 0) is 44.3 Å². The number of carbonyl (C=O) groups is 1. The van der Waals surface area contributed by atoms with Crippen LogP contribution in [0.2, 0.25) is 0 Å². The second kappa shape index (κ2) is 7.72. The fourth-order valence-electron chi connectivity index (χ4n) is 1.55.